The lowest BCUT2D eigenvalue weighted by Crippen LogP contribution is -2.49. The first-order chi connectivity index (χ1) is 8.01. The zero-order valence-electron chi connectivity index (χ0n) is 10.8. The van der Waals surface area contributed by atoms with Crippen LogP contribution in [0.15, 0.2) is 0 Å². The van der Waals surface area contributed by atoms with Crippen LogP contribution in [0.25, 0.3) is 0 Å². The van der Waals surface area contributed by atoms with Gasteiger partial charge in [-0.05, 0) is 25.2 Å². The maximum absolute atomic E-state index is 11.8. The summed E-state index contributed by atoms with van der Waals surface area (Å²) in [5, 5.41) is 11.8. The smallest absolute Gasteiger partial charge is 0.305 e. The summed E-state index contributed by atoms with van der Waals surface area (Å²) in [7, 11) is 0. The Morgan fingerprint density at radius 2 is 1.88 bits per heavy atom. The molecule has 2 N–H and O–H groups in total. The highest BCUT2D eigenvalue weighted by Crippen LogP contribution is 2.33. The number of carbonyl (C=O) groups is 2. The number of rotatable bonds is 8. The van der Waals surface area contributed by atoms with E-state index in [1.165, 1.54) is 12.8 Å². The van der Waals surface area contributed by atoms with Crippen molar-refractivity contribution < 1.29 is 14.7 Å². The number of aliphatic carboxylic acids is 1. The maximum Gasteiger partial charge on any atom is 0.305 e. The topological polar surface area (TPSA) is 66.4 Å². The Kier molecular flexibility index (Phi) is 4.97. The van der Waals surface area contributed by atoms with Crippen molar-refractivity contribution in [2.45, 2.75) is 64.3 Å². The third kappa shape index (κ3) is 4.75. The number of hydrogen-bond donors (Lipinski definition) is 2. The molecule has 0 spiro atoms. The van der Waals surface area contributed by atoms with E-state index >= 15 is 0 Å². The van der Waals surface area contributed by atoms with E-state index in [1.54, 1.807) is 0 Å². The molecular formula is C13H23NO3. The minimum Gasteiger partial charge on any atom is -0.481 e. The van der Waals surface area contributed by atoms with Gasteiger partial charge in [0.25, 0.3) is 0 Å². The summed E-state index contributed by atoms with van der Waals surface area (Å²) in [4.78, 5) is 22.6. The fourth-order valence-corrected chi connectivity index (χ4v) is 2.11. The average Bonchev–Trinajstić information content (AvgIpc) is 3.08. The molecule has 0 aliphatic heterocycles. The van der Waals surface area contributed by atoms with Crippen molar-refractivity contribution in [2.24, 2.45) is 5.92 Å². The maximum atomic E-state index is 11.8. The molecule has 1 saturated carbocycles. The van der Waals surface area contributed by atoms with Crippen LogP contribution in [-0.2, 0) is 9.59 Å². The first-order valence-corrected chi connectivity index (χ1v) is 6.54. The van der Waals surface area contributed by atoms with Crippen LogP contribution in [0.4, 0.5) is 0 Å². The highest BCUT2D eigenvalue weighted by Gasteiger charge is 2.31. The number of nitrogens with one attached hydrogen (secondary N) is 1. The van der Waals surface area contributed by atoms with Crippen LogP contribution < -0.4 is 5.32 Å². The van der Waals surface area contributed by atoms with Gasteiger partial charge in [-0.15, -0.1) is 0 Å². The molecule has 1 amide bonds. The van der Waals surface area contributed by atoms with Crippen LogP contribution in [0, 0.1) is 5.92 Å². The van der Waals surface area contributed by atoms with Crippen LogP contribution >= 0.6 is 0 Å². The van der Waals surface area contributed by atoms with Gasteiger partial charge in [0, 0.05) is 12.0 Å². The number of carbonyl (C=O) groups excluding carboxylic acids is 1. The molecule has 0 heterocycles. The highest BCUT2D eigenvalue weighted by atomic mass is 16.4. The van der Waals surface area contributed by atoms with E-state index in [9.17, 15) is 9.59 Å². The van der Waals surface area contributed by atoms with Gasteiger partial charge in [-0.2, -0.15) is 0 Å². The standard InChI is InChI=1S/C13H23NO3/c1-3-13(4-2,9-12(16)17)14-11(15)8-7-10-5-6-10/h10H,3-9H2,1-2H3,(H,14,15)(H,16,17). The van der Waals surface area contributed by atoms with E-state index in [0.29, 0.717) is 19.3 Å². The SMILES string of the molecule is CCC(CC)(CC(=O)O)NC(=O)CCC1CC1. The van der Waals surface area contributed by atoms with Crippen LogP contribution in [0.5, 0.6) is 0 Å². The molecule has 4 nitrogen and oxygen atoms in total. The molecule has 98 valence electrons. The summed E-state index contributed by atoms with van der Waals surface area (Å²) in [5.74, 6) is -0.115. The molecule has 0 bridgehead atoms. The van der Waals surface area contributed by atoms with E-state index in [2.05, 4.69) is 5.32 Å². The summed E-state index contributed by atoms with van der Waals surface area (Å²) < 4.78 is 0. The third-order valence-electron chi connectivity index (χ3n) is 3.72. The minimum atomic E-state index is -0.851. The van der Waals surface area contributed by atoms with E-state index < -0.39 is 11.5 Å². The molecule has 0 aromatic carbocycles. The molecule has 17 heavy (non-hydrogen) atoms. The van der Waals surface area contributed by atoms with Gasteiger partial charge in [-0.25, -0.2) is 0 Å². The number of hydrogen-bond acceptors (Lipinski definition) is 2. The minimum absolute atomic E-state index is 0.00171. The normalized spacial score (nSPS) is 15.6. The second-order valence-electron chi connectivity index (χ2n) is 5.09. The first kappa shape index (κ1) is 14.0. The Balaban J connectivity index is 2.45. The zero-order valence-corrected chi connectivity index (χ0v) is 10.8. The Bertz CT molecular complexity index is 280. The van der Waals surface area contributed by atoms with Crippen molar-refractivity contribution in [3.63, 3.8) is 0 Å². The average molecular weight is 241 g/mol. The molecule has 0 unspecified atom stereocenters. The van der Waals surface area contributed by atoms with Gasteiger partial charge >= 0.3 is 5.97 Å². The van der Waals surface area contributed by atoms with E-state index in [0.717, 1.165) is 12.3 Å². The van der Waals surface area contributed by atoms with Crippen molar-refractivity contribution in [3.8, 4) is 0 Å². The molecule has 1 aliphatic rings. The molecule has 0 atom stereocenters. The molecule has 0 radical (unpaired) electrons. The van der Waals surface area contributed by atoms with Crippen molar-refractivity contribution >= 4 is 11.9 Å². The van der Waals surface area contributed by atoms with Crippen LogP contribution in [0.1, 0.15) is 58.8 Å². The monoisotopic (exact) mass is 241 g/mol. The Morgan fingerprint density at radius 3 is 2.29 bits per heavy atom. The predicted molar refractivity (Wildman–Crippen MR) is 65.7 cm³/mol. The zero-order chi connectivity index (χ0) is 12.9. The van der Waals surface area contributed by atoms with E-state index in [1.807, 2.05) is 13.8 Å². The lowest BCUT2D eigenvalue weighted by Gasteiger charge is -2.31. The van der Waals surface area contributed by atoms with Gasteiger partial charge in [0.15, 0.2) is 0 Å². The van der Waals surface area contributed by atoms with Crippen molar-refractivity contribution in [1.82, 2.24) is 5.32 Å². The third-order valence-corrected chi connectivity index (χ3v) is 3.72. The lowest BCUT2D eigenvalue weighted by molar-refractivity contribution is -0.139. The van der Waals surface area contributed by atoms with Gasteiger partial charge in [-0.3, -0.25) is 9.59 Å². The van der Waals surface area contributed by atoms with Gasteiger partial charge < -0.3 is 10.4 Å². The Hall–Kier alpha value is -1.06. The van der Waals surface area contributed by atoms with Gasteiger partial charge in [-0.1, -0.05) is 26.7 Å². The van der Waals surface area contributed by atoms with Crippen molar-refractivity contribution in [3.05, 3.63) is 0 Å². The molecule has 0 saturated heterocycles. The molecular weight excluding hydrogens is 218 g/mol. The largest absolute Gasteiger partial charge is 0.481 e. The summed E-state index contributed by atoms with van der Waals surface area (Å²) in [6.45, 7) is 3.85. The fourth-order valence-electron chi connectivity index (χ4n) is 2.11. The van der Waals surface area contributed by atoms with Crippen LogP contribution in [0.2, 0.25) is 0 Å². The van der Waals surface area contributed by atoms with E-state index in [-0.39, 0.29) is 12.3 Å². The first-order valence-electron chi connectivity index (χ1n) is 6.54. The number of carboxylic acid groups (broad SMARTS) is 1. The second kappa shape index (κ2) is 6.03. The molecule has 1 fully saturated rings. The Labute approximate surface area is 103 Å². The molecule has 0 aromatic heterocycles. The molecule has 0 aromatic rings. The summed E-state index contributed by atoms with van der Waals surface area (Å²) >= 11 is 0. The summed E-state index contributed by atoms with van der Waals surface area (Å²) in [5.41, 5.74) is -0.563. The Morgan fingerprint density at radius 1 is 1.29 bits per heavy atom. The lowest BCUT2D eigenvalue weighted by atomic mass is 9.88. The van der Waals surface area contributed by atoms with Gasteiger partial charge in [0.2, 0.25) is 5.91 Å². The summed E-state index contributed by atoms with van der Waals surface area (Å²) in [6.07, 6.45) is 5.30. The van der Waals surface area contributed by atoms with Gasteiger partial charge in [0.1, 0.15) is 0 Å². The van der Waals surface area contributed by atoms with Gasteiger partial charge in [0.05, 0.1) is 6.42 Å². The predicted octanol–water partition coefficient (Wildman–Crippen LogP) is 2.33. The van der Waals surface area contributed by atoms with E-state index in [4.69, 9.17) is 5.11 Å². The number of amides is 1. The molecule has 1 rings (SSSR count). The van der Waals surface area contributed by atoms with Crippen LogP contribution in [0.3, 0.4) is 0 Å². The highest BCUT2D eigenvalue weighted by molar-refractivity contribution is 5.78. The molecule has 1 aliphatic carbocycles. The quantitative estimate of drug-likeness (QED) is 0.685. The van der Waals surface area contributed by atoms with Crippen molar-refractivity contribution in [2.75, 3.05) is 0 Å². The summed E-state index contributed by atoms with van der Waals surface area (Å²) in [6, 6.07) is 0. The number of carboxylic acids is 1. The van der Waals surface area contributed by atoms with Crippen molar-refractivity contribution in [1.29, 1.82) is 0 Å². The second-order valence-corrected chi connectivity index (χ2v) is 5.09. The molecule has 4 heteroatoms. The fraction of sp³-hybridized carbons (Fsp3) is 0.846. The van der Waals surface area contributed by atoms with Crippen LogP contribution in [-0.4, -0.2) is 22.5 Å².